The first-order chi connectivity index (χ1) is 14.8. The molecule has 0 spiro atoms. The van der Waals surface area contributed by atoms with E-state index in [2.05, 4.69) is 15.0 Å². The summed E-state index contributed by atoms with van der Waals surface area (Å²) in [6.07, 6.45) is -1.28. The lowest BCUT2D eigenvalue weighted by Crippen LogP contribution is -2.52. The Morgan fingerprint density at radius 3 is 2.65 bits per heavy atom. The first-order valence-electron chi connectivity index (χ1n) is 10.4. The van der Waals surface area contributed by atoms with E-state index in [1.807, 2.05) is 19.1 Å². The third-order valence-corrected chi connectivity index (χ3v) is 6.21. The van der Waals surface area contributed by atoms with Gasteiger partial charge in [0.05, 0.1) is 11.9 Å². The molecule has 0 saturated carbocycles. The second-order valence-corrected chi connectivity index (χ2v) is 8.27. The number of carbonyl (C=O) groups excluding carboxylic acids is 1. The van der Waals surface area contributed by atoms with Crippen LogP contribution in [-0.4, -0.2) is 62.5 Å². The van der Waals surface area contributed by atoms with Crippen LogP contribution in [-0.2, 0) is 6.18 Å². The maximum absolute atomic E-state index is 13.8. The lowest BCUT2D eigenvalue weighted by molar-refractivity contribution is -0.142. The predicted octanol–water partition coefficient (Wildman–Crippen LogP) is 3.64. The van der Waals surface area contributed by atoms with Crippen molar-refractivity contribution < 1.29 is 18.0 Å². The van der Waals surface area contributed by atoms with E-state index < -0.39 is 11.9 Å². The molecule has 1 atom stereocenters. The Kier molecular flexibility index (Phi) is 4.73. The third-order valence-electron chi connectivity index (χ3n) is 6.21. The highest BCUT2D eigenvalue weighted by Gasteiger charge is 2.37. The van der Waals surface area contributed by atoms with Gasteiger partial charge in [-0.25, -0.2) is 9.50 Å². The van der Waals surface area contributed by atoms with Crippen molar-refractivity contribution in [2.24, 2.45) is 0 Å². The normalized spacial score (nSPS) is 19.7. The lowest BCUT2D eigenvalue weighted by atomic mass is 10.1. The molecule has 2 fully saturated rings. The van der Waals surface area contributed by atoms with Crippen LogP contribution in [0.15, 0.2) is 36.5 Å². The SMILES string of the molecule is Cc1ccc(-c2cc(C(F)(F)F)n3ncc(C(=O)N4CCN5CCCC5C4)c3n2)cc1. The van der Waals surface area contributed by atoms with E-state index in [1.54, 1.807) is 17.0 Å². The number of alkyl halides is 3. The molecule has 2 aromatic heterocycles. The van der Waals surface area contributed by atoms with Crippen LogP contribution in [0.4, 0.5) is 13.2 Å². The summed E-state index contributed by atoms with van der Waals surface area (Å²) in [5, 5.41) is 3.89. The zero-order valence-corrected chi connectivity index (χ0v) is 17.1. The summed E-state index contributed by atoms with van der Waals surface area (Å²) in [6.45, 7) is 4.86. The standard InChI is InChI=1S/C22H22F3N5O/c1-14-4-6-15(7-5-14)18-11-19(22(23,24)25)30-20(27-18)17(12-26-30)21(31)29-10-9-28-8-2-3-16(28)13-29/h4-7,11-12,16H,2-3,8-10,13H2,1H3. The maximum Gasteiger partial charge on any atom is 0.433 e. The number of rotatable bonds is 2. The van der Waals surface area contributed by atoms with Crippen LogP contribution in [0.2, 0.25) is 0 Å². The van der Waals surface area contributed by atoms with Gasteiger partial charge in [0.15, 0.2) is 11.3 Å². The van der Waals surface area contributed by atoms with Gasteiger partial charge in [-0.15, -0.1) is 0 Å². The van der Waals surface area contributed by atoms with E-state index in [4.69, 9.17) is 0 Å². The minimum atomic E-state index is -4.64. The Labute approximate surface area is 177 Å². The lowest BCUT2D eigenvalue weighted by Gasteiger charge is -2.37. The largest absolute Gasteiger partial charge is 0.433 e. The van der Waals surface area contributed by atoms with Gasteiger partial charge in [-0.2, -0.15) is 18.3 Å². The minimum absolute atomic E-state index is 0.0655. The molecule has 0 bridgehead atoms. The number of hydrogen-bond donors (Lipinski definition) is 0. The van der Waals surface area contributed by atoms with Gasteiger partial charge in [-0.3, -0.25) is 9.69 Å². The first-order valence-corrected chi connectivity index (χ1v) is 10.4. The van der Waals surface area contributed by atoms with Gasteiger partial charge >= 0.3 is 6.18 Å². The Balaban J connectivity index is 1.58. The van der Waals surface area contributed by atoms with Crippen molar-refractivity contribution in [3.05, 3.63) is 53.3 Å². The van der Waals surface area contributed by atoms with E-state index in [1.165, 1.54) is 6.20 Å². The molecule has 1 unspecified atom stereocenters. The molecule has 9 heteroatoms. The zero-order chi connectivity index (χ0) is 21.8. The van der Waals surface area contributed by atoms with Gasteiger partial charge < -0.3 is 4.90 Å². The molecule has 0 N–H and O–H groups in total. The second-order valence-electron chi connectivity index (χ2n) is 8.27. The van der Waals surface area contributed by atoms with Gasteiger partial charge in [-0.1, -0.05) is 29.8 Å². The number of halogens is 3. The van der Waals surface area contributed by atoms with E-state index in [0.29, 0.717) is 24.7 Å². The number of nitrogens with zero attached hydrogens (tertiary/aromatic N) is 5. The smallest absolute Gasteiger partial charge is 0.336 e. The van der Waals surface area contributed by atoms with Gasteiger partial charge in [0.25, 0.3) is 5.91 Å². The van der Waals surface area contributed by atoms with Crippen molar-refractivity contribution in [3.8, 4) is 11.3 Å². The quantitative estimate of drug-likeness (QED) is 0.624. The van der Waals surface area contributed by atoms with Gasteiger partial charge in [0.2, 0.25) is 0 Å². The molecule has 0 radical (unpaired) electrons. The molecule has 2 aliphatic rings. The van der Waals surface area contributed by atoms with E-state index in [-0.39, 0.29) is 22.8 Å². The second kappa shape index (κ2) is 7.33. The van der Waals surface area contributed by atoms with Gasteiger partial charge in [0, 0.05) is 31.2 Å². The Morgan fingerprint density at radius 1 is 1.13 bits per heavy atom. The molecule has 2 aliphatic heterocycles. The molecule has 162 valence electrons. The van der Waals surface area contributed by atoms with E-state index in [0.717, 1.165) is 42.1 Å². The Hall–Kier alpha value is -2.94. The molecule has 1 amide bonds. The number of benzene rings is 1. The van der Waals surface area contributed by atoms with Crippen LogP contribution in [0, 0.1) is 6.92 Å². The highest BCUT2D eigenvalue weighted by atomic mass is 19.4. The Bertz CT molecular complexity index is 1140. The highest BCUT2D eigenvalue weighted by molar-refractivity contribution is 6.00. The molecule has 3 aromatic rings. The van der Waals surface area contributed by atoms with Crippen molar-refractivity contribution in [2.45, 2.75) is 32.0 Å². The summed E-state index contributed by atoms with van der Waals surface area (Å²) in [6, 6.07) is 8.39. The fraction of sp³-hybridized carbons (Fsp3) is 0.409. The average Bonchev–Trinajstić information content (AvgIpc) is 3.38. The zero-order valence-electron chi connectivity index (χ0n) is 17.1. The number of aryl methyl sites for hydroxylation is 1. The first kappa shape index (κ1) is 20.0. The van der Waals surface area contributed by atoms with Crippen LogP contribution in [0.1, 0.15) is 34.5 Å². The summed E-state index contributed by atoms with van der Waals surface area (Å²) < 4.78 is 42.1. The number of fused-ring (bicyclic) bond motifs is 2. The fourth-order valence-corrected chi connectivity index (χ4v) is 4.53. The molecule has 4 heterocycles. The summed E-state index contributed by atoms with van der Waals surface area (Å²) in [7, 11) is 0. The monoisotopic (exact) mass is 429 g/mol. The fourth-order valence-electron chi connectivity index (χ4n) is 4.53. The molecular weight excluding hydrogens is 407 g/mol. The molecule has 5 rings (SSSR count). The van der Waals surface area contributed by atoms with Crippen LogP contribution >= 0.6 is 0 Å². The van der Waals surface area contributed by atoms with E-state index in [9.17, 15) is 18.0 Å². The molecular formula is C22H22F3N5O. The van der Waals surface area contributed by atoms with Crippen LogP contribution in [0.5, 0.6) is 0 Å². The van der Waals surface area contributed by atoms with Crippen LogP contribution < -0.4 is 0 Å². The molecule has 1 aromatic carbocycles. The summed E-state index contributed by atoms with van der Waals surface area (Å²) in [4.78, 5) is 21.8. The molecule has 2 saturated heterocycles. The van der Waals surface area contributed by atoms with Gasteiger partial charge in [-0.05, 0) is 32.4 Å². The third kappa shape index (κ3) is 3.56. The summed E-state index contributed by atoms with van der Waals surface area (Å²) >= 11 is 0. The van der Waals surface area contributed by atoms with Crippen LogP contribution in [0.25, 0.3) is 16.9 Å². The molecule has 31 heavy (non-hydrogen) atoms. The van der Waals surface area contributed by atoms with Gasteiger partial charge in [0.1, 0.15) is 5.56 Å². The number of piperazine rings is 1. The number of amides is 1. The average molecular weight is 429 g/mol. The number of aromatic nitrogens is 3. The predicted molar refractivity (Wildman–Crippen MR) is 109 cm³/mol. The molecule has 6 nitrogen and oxygen atoms in total. The number of carbonyl (C=O) groups is 1. The summed E-state index contributed by atoms with van der Waals surface area (Å²) in [5.74, 6) is -0.316. The van der Waals surface area contributed by atoms with Crippen molar-refractivity contribution in [2.75, 3.05) is 26.2 Å². The van der Waals surface area contributed by atoms with Crippen molar-refractivity contribution >= 4 is 11.6 Å². The highest BCUT2D eigenvalue weighted by Crippen LogP contribution is 2.33. The molecule has 0 aliphatic carbocycles. The minimum Gasteiger partial charge on any atom is -0.336 e. The Morgan fingerprint density at radius 2 is 1.90 bits per heavy atom. The van der Waals surface area contributed by atoms with Crippen molar-refractivity contribution in [1.29, 1.82) is 0 Å². The van der Waals surface area contributed by atoms with Crippen molar-refractivity contribution in [3.63, 3.8) is 0 Å². The van der Waals surface area contributed by atoms with E-state index >= 15 is 0 Å². The number of hydrogen-bond acceptors (Lipinski definition) is 4. The summed E-state index contributed by atoms with van der Waals surface area (Å²) in [5.41, 5.74) is 0.794. The maximum atomic E-state index is 13.8. The van der Waals surface area contributed by atoms with Crippen LogP contribution in [0.3, 0.4) is 0 Å². The van der Waals surface area contributed by atoms with Crippen molar-refractivity contribution in [1.82, 2.24) is 24.4 Å². The topological polar surface area (TPSA) is 53.7 Å².